The highest BCUT2D eigenvalue weighted by Gasteiger charge is 2.35. The minimum Gasteiger partial charge on any atom is -0.348 e. The van der Waals surface area contributed by atoms with Gasteiger partial charge in [0.25, 0.3) is 0 Å². The van der Waals surface area contributed by atoms with Crippen LogP contribution in [0.2, 0.25) is 5.02 Å². The number of rotatable bonds is 0. The van der Waals surface area contributed by atoms with E-state index in [1.807, 2.05) is 0 Å². The number of hydrogen-bond donors (Lipinski definition) is 1. The number of nitrogens with one attached hydrogen (secondary N) is 1. The Morgan fingerprint density at radius 3 is 3.27 bits per heavy atom. The van der Waals surface area contributed by atoms with Gasteiger partial charge in [0.2, 0.25) is 0 Å². The average Bonchev–Trinajstić information content (AvgIpc) is 2.56. The first-order chi connectivity index (χ1) is 7.25. The van der Waals surface area contributed by atoms with Crippen molar-refractivity contribution in [2.45, 2.75) is 25.4 Å². The number of piperazine rings is 1. The molecule has 80 valence electrons. The molecule has 1 N–H and O–H groups in total. The van der Waals surface area contributed by atoms with E-state index in [1.54, 1.807) is 6.20 Å². The second-order valence-electron chi connectivity index (χ2n) is 4.41. The lowest BCUT2D eigenvalue weighted by atomic mass is 10.1. The molecule has 0 amide bonds. The molecule has 3 heterocycles. The van der Waals surface area contributed by atoms with Crippen molar-refractivity contribution in [3.05, 3.63) is 22.8 Å². The highest BCUT2D eigenvalue weighted by atomic mass is 35.5. The van der Waals surface area contributed by atoms with Crippen LogP contribution in [0.15, 0.2) is 12.3 Å². The summed E-state index contributed by atoms with van der Waals surface area (Å²) in [5.74, 6) is 1.14. The lowest BCUT2D eigenvalue weighted by Crippen LogP contribution is -2.55. The third kappa shape index (κ3) is 1.42. The zero-order valence-corrected chi connectivity index (χ0v) is 9.46. The Bertz CT molecular complexity index is 393. The van der Waals surface area contributed by atoms with Crippen LogP contribution >= 0.6 is 11.6 Å². The minimum atomic E-state index is 0.527. The molecule has 0 radical (unpaired) electrons. The topological polar surface area (TPSA) is 28.2 Å². The maximum absolute atomic E-state index is 5.96. The van der Waals surface area contributed by atoms with E-state index in [0.29, 0.717) is 12.1 Å². The molecule has 0 unspecified atom stereocenters. The van der Waals surface area contributed by atoms with Crippen LogP contribution in [0.25, 0.3) is 0 Å². The van der Waals surface area contributed by atoms with Crippen LogP contribution in [0.4, 0.5) is 5.82 Å². The van der Waals surface area contributed by atoms with Crippen molar-refractivity contribution in [1.29, 1.82) is 0 Å². The summed E-state index contributed by atoms with van der Waals surface area (Å²) in [5.41, 5.74) is 1.29. The van der Waals surface area contributed by atoms with Gasteiger partial charge in [0.1, 0.15) is 5.82 Å². The van der Waals surface area contributed by atoms with Crippen LogP contribution in [-0.4, -0.2) is 30.2 Å². The van der Waals surface area contributed by atoms with Crippen molar-refractivity contribution in [3.8, 4) is 0 Å². The third-order valence-electron chi connectivity index (χ3n) is 3.30. The number of hydrogen-bond acceptors (Lipinski definition) is 3. The van der Waals surface area contributed by atoms with Gasteiger partial charge in [0.15, 0.2) is 0 Å². The van der Waals surface area contributed by atoms with Gasteiger partial charge in [-0.15, -0.1) is 0 Å². The van der Waals surface area contributed by atoms with Gasteiger partial charge < -0.3 is 10.2 Å². The molecule has 2 aliphatic rings. The van der Waals surface area contributed by atoms with Gasteiger partial charge in [0, 0.05) is 31.4 Å². The van der Waals surface area contributed by atoms with Gasteiger partial charge in [-0.2, -0.15) is 0 Å². The van der Waals surface area contributed by atoms with Crippen LogP contribution in [0, 0.1) is 0 Å². The summed E-state index contributed by atoms with van der Waals surface area (Å²) in [4.78, 5) is 6.89. The van der Waals surface area contributed by atoms with Gasteiger partial charge in [-0.3, -0.25) is 0 Å². The van der Waals surface area contributed by atoms with Gasteiger partial charge in [0.05, 0.1) is 5.02 Å². The summed E-state index contributed by atoms with van der Waals surface area (Å²) in [5, 5.41) is 4.20. The number of nitrogens with zero attached hydrogens (tertiary/aromatic N) is 2. The van der Waals surface area contributed by atoms with E-state index >= 15 is 0 Å². The van der Waals surface area contributed by atoms with Gasteiger partial charge in [-0.25, -0.2) is 4.98 Å². The highest BCUT2D eigenvalue weighted by Crippen LogP contribution is 2.34. The van der Waals surface area contributed by atoms with Crippen molar-refractivity contribution in [2.24, 2.45) is 0 Å². The van der Waals surface area contributed by atoms with E-state index in [1.165, 1.54) is 5.56 Å². The van der Waals surface area contributed by atoms with Gasteiger partial charge in [-0.05, 0) is 25.0 Å². The van der Waals surface area contributed by atoms with E-state index in [2.05, 4.69) is 28.2 Å². The predicted molar refractivity (Wildman–Crippen MR) is 61.5 cm³/mol. The Kier molecular flexibility index (Phi) is 2.11. The van der Waals surface area contributed by atoms with Crippen molar-refractivity contribution in [2.75, 3.05) is 18.0 Å². The van der Waals surface area contributed by atoms with Crippen LogP contribution in [-0.2, 0) is 6.42 Å². The van der Waals surface area contributed by atoms with Crippen LogP contribution in [0.5, 0.6) is 0 Å². The first-order valence-electron chi connectivity index (χ1n) is 5.39. The first-order valence-corrected chi connectivity index (χ1v) is 5.77. The molecule has 2 atom stereocenters. The van der Waals surface area contributed by atoms with Crippen molar-refractivity contribution in [3.63, 3.8) is 0 Å². The monoisotopic (exact) mass is 223 g/mol. The molecule has 15 heavy (non-hydrogen) atoms. The molecule has 2 aliphatic heterocycles. The summed E-state index contributed by atoms with van der Waals surface area (Å²) in [6.45, 7) is 4.34. The van der Waals surface area contributed by atoms with Crippen molar-refractivity contribution < 1.29 is 0 Å². The summed E-state index contributed by atoms with van der Waals surface area (Å²) in [6, 6.07) is 3.14. The van der Waals surface area contributed by atoms with Crippen molar-refractivity contribution >= 4 is 17.4 Å². The fourth-order valence-electron chi connectivity index (χ4n) is 2.68. The molecule has 1 aromatic heterocycles. The Balaban J connectivity index is 2.03. The van der Waals surface area contributed by atoms with E-state index in [0.717, 1.165) is 30.4 Å². The zero-order chi connectivity index (χ0) is 10.4. The molecular formula is C11H14ClN3. The predicted octanol–water partition coefficient (Wildman–Crippen LogP) is 1.46. The third-order valence-corrected chi connectivity index (χ3v) is 3.50. The van der Waals surface area contributed by atoms with E-state index in [4.69, 9.17) is 11.6 Å². The van der Waals surface area contributed by atoms with Gasteiger partial charge >= 0.3 is 0 Å². The average molecular weight is 224 g/mol. The molecule has 1 saturated heterocycles. The zero-order valence-electron chi connectivity index (χ0n) is 8.70. The Labute approximate surface area is 94.4 Å². The maximum Gasteiger partial charge on any atom is 0.132 e. The maximum atomic E-state index is 5.96. The molecule has 3 nitrogen and oxygen atoms in total. The first kappa shape index (κ1) is 9.43. The molecule has 1 fully saturated rings. The van der Waals surface area contributed by atoms with Crippen molar-refractivity contribution in [1.82, 2.24) is 10.3 Å². The number of fused-ring (bicyclic) bond motifs is 3. The largest absolute Gasteiger partial charge is 0.348 e. The molecule has 3 rings (SSSR count). The smallest absolute Gasteiger partial charge is 0.132 e. The lowest BCUT2D eigenvalue weighted by molar-refractivity contribution is 0.428. The Morgan fingerprint density at radius 2 is 2.40 bits per heavy atom. The minimum absolute atomic E-state index is 0.527. The molecular weight excluding hydrogens is 210 g/mol. The Morgan fingerprint density at radius 1 is 1.53 bits per heavy atom. The number of halogens is 1. The standard InChI is InChI=1S/C11H14ClN3/c1-7-4-13-6-10-3-8-2-9(12)5-14-11(8)15(7)10/h2,5,7,10,13H,3-4,6H2,1H3/t7-,10-/m1/s1. The second-order valence-corrected chi connectivity index (χ2v) is 4.85. The second kappa shape index (κ2) is 3.35. The SMILES string of the molecule is C[C@@H]1CNC[C@H]2Cc3cc(Cl)cnc3N21. The molecule has 0 aliphatic carbocycles. The summed E-state index contributed by atoms with van der Waals surface area (Å²) in [6.07, 6.45) is 2.82. The molecule has 0 spiro atoms. The van der Waals surface area contributed by atoms with Crippen LogP contribution < -0.4 is 10.2 Å². The molecule has 4 heteroatoms. The van der Waals surface area contributed by atoms with E-state index < -0.39 is 0 Å². The fraction of sp³-hybridized carbons (Fsp3) is 0.545. The quantitative estimate of drug-likeness (QED) is 0.722. The Hall–Kier alpha value is -0.800. The van der Waals surface area contributed by atoms with Crippen LogP contribution in [0.3, 0.4) is 0 Å². The lowest BCUT2D eigenvalue weighted by Gasteiger charge is -2.37. The normalized spacial score (nSPS) is 28.8. The fourth-order valence-corrected chi connectivity index (χ4v) is 2.86. The number of pyridine rings is 1. The molecule has 0 aromatic carbocycles. The van der Waals surface area contributed by atoms with Crippen LogP contribution in [0.1, 0.15) is 12.5 Å². The summed E-state index contributed by atoms with van der Waals surface area (Å²) < 4.78 is 0. The highest BCUT2D eigenvalue weighted by molar-refractivity contribution is 6.30. The van der Waals surface area contributed by atoms with E-state index in [9.17, 15) is 0 Å². The molecule has 0 saturated carbocycles. The molecule has 0 bridgehead atoms. The molecule has 1 aromatic rings. The van der Waals surface area contributed by atoms with E-state index in [-0.39, 0.29) is 0 Å². The number of aromatic nitrogens is 1. The summed E-state index contributed by atoms with van der Waals surface area (Å²) >= 11 is 5.96. The van der Waals surface area contributed by atoms with Gasteiger partial charge in [-0.1, -0.05) is 11.6 Å². The summed E-state index contributed by atoms with van der Waals surface area (Å²) in [7, 11) is 0. The number of anilines is 1.